The van der Waals surface area contributed by atoms with E-state index < -0.39 is 8.65 Å². The Morgan fingerprint density at radius 3 is 1.76 bits per heavy atom. The summed E-state index contributed by atoms with van der Waals surface area (Å²) >= 11 is 8.38. The number of fused-ring (bicyclic) bond motifs is 7. The van der Waals surface area contributed by atoms with E-state index in [0.717, 1.165) is 68.0 Å². The quantitative estimate of drug-likeness (QED) is 0.152. The van der Waals surface area contributed by atoms with Crippen molar-refractivity contribution in [2.24, 2.45) is 9.98 Å². The Hall–Kier alpha value is -4.72. The molecule has 7 heteroatoms. The highest BCUT2D eigenvalue weighted by Crippen LogP contribution is 2.45. The fourth-order valence-electron chi connectivity index (χ4n) is 6.28. The number of aromatic amines is 3. The van der Waals surface area contributed by atoms with Crippen LogP contribution in [0.25, 0.3) is 6.08 Å². The van der Waals surface area contributed by atoms with Crippen molar-refractivity contribution in [2.45, 2.75) is 15.2 Å². The fraction of sp³-hybridized carbons (Fsp3) is 0.0769. The van der Waals surface area contributed by atoms with Crippen LogP contribution in [0, 0.1) is 0 Å². The summed E-state index contributed by atoms with van der Waals surface area (Å²) in [4.78, 5) is 21.6. The first kappa shape index (κ1) is 28.7. The number of rotatable bonds is 4. The minimum atomic E-state index is -0.708. The summed E-state index contributed by atoms with van der Waals surface area (Å²) in [6.07, 6.45) is 6.25. The molecular weight excluding hydrogens is 698 g/mol. The molecule has 0 saturated heterocycles. The fourth-order valence-corrected chi connectivity index (χ4v) is 7.72. The molecule has 2 atom stereocenters. The monoisotopic (exact) mass is 725 g/mol. The second kappa shape index (κ2) is 11.6. The van der Waals surface area contributed by atoms with Crippen LogP contribution < -0.4 is 0 Å². The molecule has 0 fully saturated rings. The van der Waals surface area contributed by atoms with Gasteiger partial charge in [-0.15, -0.1) is 0 Å². The predicted molar refractivity (Wildman–Crippen MR) is 194 cm³/mol. The molecule has 3 aromatic heterocycles. The van der Waals surface area contributed by atoms with Gasteiger partial charge in [0.2, 0.25) is 0 Å². The number of alkyl halides is 2. The van der Waals surface area contributed by atoms with Gasteiger partial charge in [-0.3, -0.25) is 9.98 Å². The second-order valence-electron chi connectivity index (χ2n) is 11.5. The van der Waals surface area contributed by atoms with Crippen molar-refractivity contribution in [1.82, 2.24) is 15.0 Å². The Morgan fingerprint density at radius 1 is 0.565 bits per heavy atom. The molecule has 2 aliphatic heterocycles. The maximum absolute atomic E-state index is 5.21. The zero-order valence-electron chi connectivity index (χ0n) is 24.7. The van der Waals surface area contributed by atoms with E-state index in [2.05, 4.69) is 174 Å². The van der Waals surface area contributed by atoms with E-state index in [1.165, 1.54) is 0 Å². The first-order valence-electron chi connectivity index (χ1n) is 15.2. The number of H-pyrrole nitrogens is 3. The normalized spacial score (nSPS) is 22.4. The van der Waals surface area contributed by atoms with Crippen molar-refractivity contribution in [1.29, 1.82) is 0 Å². The lowest BCUT2D eigenvalue weighted by Crippen LogP contribution is -2.29. The maximum Gasteiger partial charge on any atom is 0.132 e. The van der Waals surface area contributed by atoms with E-state index in [4.69, 9.17) is 9.98 Å². The molecule has 2 aliphatic rings. The zero-order valence-corrected chi connectivity index (χ0v) is 27.9. The molecule has 0 saturated carbocycles. The van der Waals surface area contributed by atoms with E-state index in [-0.39, 0.29) is 0 Å². The highest BCUT2D eigenvalue weighted by molar-refractivity contribution is 9.10. The van der Waals surface area contributed by atoms with Crippen LogP contribution in [-0.2, 0) is 15.2 Å². The molecular formula is C39H29Br2N5. The summed E-state index contributed by atoms with van der Waals surface area (Å²) in [5.74, 6) is 0. The van der Waals surface area contributed by atoms with Crippen LogP contribution in [-0.4, -0.2) is 26.4 Å². The van der Waals surface area contributed by atoms with Gasteiger partial charge < -0.3 is 15.0 Å². The minimum absolute atomic E-state index is 0.540. The zero-order chi connectivity index (χ0) is 31.1. The van der Waals surface area contributed by atoms with Gasteiger partial charge in [-0.1, -0.05) is 123 Å². The number of hydrogen-bond donors (Lipinski definition) is 3. The first-order chi connectivity index (χ1) is 22.5. The second-order valence-corrected chi connectivity index (χ2v) is 13.9. The van der Waals surface area contributed by atoms with Gasteiger partial charge in [0, 0.05) is 22.8 Å². The number of hydrogen-bond acceptors (Lipinski definition) is 2. The molecule has 46 heavy (non-hydrogen) atoms. The summed E-state index contributed by atoms with van der Waals surface area (Å²) < 4.78 is -1.37. The molecule has 0 amide bonds. The molecule has 224 valence electrons. The summed E-state index contributed by atoms with van der Waals surface area (Å²) in [6.45, 7) is 0.540. The van der Waals surface area contributed by atoms with Gasteiger partial charge in [0.15, 0.2) is 0 Å². The first-order valence-corrected chi connectivity index (χ1v) is 16.8. The van der Waals surface area contributed by atoms with Crippen molar-refractivity contribution in [3.8, 4) is 0 Å². The van der Waals surface area contributed by atoms with Crippen molar-refractivity contribution < 1.29 is 0 Å². The van der Waals surface area contributed by atoms with Crippen LogP contribution in [0.5, 0.6) is 0 Å². The van der Waals surface area contributed by atoms with Crippen molar-refractivity contribution in [3.63, 3.8) is 0 Å². The Labute approximate surface area is 284 Å². The topological polar surface area (TPSA) is 72.1 Å². The molecule has 0 aliphatic carbocycles. The number of nitrogens with one attached hydrogen (secondary N) is 3. The average molecular weight is 728 g/mol. The average Bonchev–Trinajstić information content (AvgIpc) is 3.94. The Kier molecular flexibility index (Phi) is 7.23. The van der Waals surface area contributed by atoms with Gasteiger partial charge >= 0.3 is 0 Å². The highest BCUT2D eigenvalue weighted by Gasteiger charge is 2.40. The van der Waals surface area contributed by atoms with Crippen molar-refractivity contribution in [3.05, 3.63) is 196 Å². The Bertz CT molecular complexity index is 2150. The molecule has 0 spiro atoms. The molecule has 0 radical (unpaired) electrons. The van der Waals surface area contributed by atoms with Gasteiger partial charge in [-0.05, 0) is 71.3 Å². The predicted octanol–water partition coefficient (Wildman–Crippen LogP) is 9.40. The largest absolute Gasteiger partial charge is 0.357 e. The van der Waals surface area contributed by atoms with Crippen LogP contribution in [0.15, 0.2) is 155 Å². The number of halogens is 2. The standard InChI is InChI=1S/C39H29Br2N5/c40-38(27-12-6-2-7-13-27)33-20-16-29(43-33)24-30-17-21-34(44-30)39(41,28-14-8-3-9-15-28)36-23-19-32(46-36)37(31-18-22-35(38)45-31)42-25-26-10-4-1-5-11-26/h1-24,43,45-46H,25H2/b30-24-,42-37?. The molecule has 3 aromatic carbocycles. The van der Waals surface area contributed by atoms with Crippen LogP contribution >= 0.6 is 31.9 Å². The maximum atomic E-state index is 5.21. The highest BCUT2D eigenvalue weighted by atomic mass is 79.9. The number of aromatic nitrogens is 3. The summed E-state index contributed by atoms with van der Waals surface area (Å²) in [6, 6.07) is 44.0. The molecule has 8 bridgehead atoms. The molecule has 5 nitrogen and oxygen atoms in total. The van der Waals surface area contributed by atoms with Crippen LogP contribution in [0.4, 0.5) is 0 Å². The number of allylic oxidation sites excluding steroid dienone is 2. The summed E-state index contributed by atoms with van der Waals surface area (Å²) in [5, 5.41) is 0. The number of benzene rings is 3. The molecule has 2 unspecified atom stereocenters. The Balaban J connectivity index is 1.37. The molecule has 6 aromatic rings. The SMILES string of the molecule is BrC1(c2ccccc2)C2=N/C(=C\c3ccc([nH]3)C(Br)(c3ccccc3)c3ccc([nH]3)C(=NCc3ccccc3)c3ccc1[nH]3)C=C2. The third kappa shape index (κ3) is 4.91. The lowest BCUT2D eigenvalue weighted by atomic mass is 9.90. The van der Waals surface area contributed by atoms with Crippen LogP contribution in [0.2, 0.25) is 0 Å². The van der Waals surface area contributed by atoms with Crippen molar-refractivity contribution in [2.75, 3.05) is 0 Å². The van der Waals surface area contributed by atoms with Crippen LogP contribution in [0.1, 0.15) is 50.9 Å². The molecule has 3 N–H and O–H groups in total. The third-order valence-corrected chi connectivity index (χ3v) is 11.2. The van der Waals surface area contributed by atoms with Gasteiger partial charge in [-0.2, -0.15) is 0 Å². The summed E-state index contributed by atoms with van der Waals surface area (Å²) in [7, 11) is 0. The van der Waals surface area contributed by atoms with E-state index in [1.807, 2.05) is 18.2 Å². The van der Waals surface area contributed by atoms with Crippen molar-refractivity contribution >= 4 is 49.4 Å². The lowest BCUT2D eigenvalue weighted by molar-refractivity contribution is 0.843. The minimum Gasteiger partial charge on any atom is -0.357 e. The third-order valence-electron chi connectivity index (χ3n) is 8.63. The van der Waals surface area contributed by atoms with Gasteiger partial charge in [0.25, 0.3) is 0 Å². The van der Waals surface area contributed by atoms with E-state index in [0.29, 0.717) is 6.54 Å². The van der Waals surface area contributed by atoms with Gasteiger partial charge in [0.05, 0.1) is 29.3 Å². The molecule has 8 rings (SSSR count). The number of aliphatic imine (C=N–C) groups is 2. The van der Waals surface area contributed by atoms with E-state index in [1.54, 1.807) is 0 Å². The number of nitrogens with zero attached hydrogens (tertiary/aromatic N) is 2. The van der Waals surface area contributed by atoms with Crippen LogP contribution in [0.3, 0.4) is 0 Å². The lowest BCUT2D eigenvalue weighted by Gasteiger charge is -2.27. The Morgan fingerprint density at radius 2 is 1.11 bits per heavy atom. The smallest absolute Gasteiger partial charge is 0.132 e. The summed E-state index contributed by atoms with van der Waals surface area (Å²) in [5.41, 5.74) is 11.7. The van der Waals surface area contributed by atoms with E-state index in [9.17, 15) is 0 Å². The van der Waals surface area contributed by atoms with E-state index >= 15 is 0 Å². The molecule has 5 heterocycles. The van der Waals surface area contributed by atoms with Gasteiger partial charge in [0.1, 0.15) is 14.4 Å². The van der Waals surface area contributed by atoms with Gasteiger partial charge in [-0.25, -0.2) is 0 Å².